The lowest BCUT2D eigenvalue weighted by molar-refractivity contribution is 0.181. The number of carbonyl (C=O) groups excluding carboxylic acids is 1. The van der Waals surface area contributed by atoms with E-state index in [-0.39, 0.29) is 12.1 Å². The van der Waals surface area contributed by atoms with Gasteiger partial charge in [-0.2, -0.15) is 0 Å². The second-order valence-electron chi connectivity index (χ2n) is 4.34. The summed E-state index contributed by atoms with van der Waals surface area (Å²) < 4.78 is 0. The van der Waals surface area contributed by atoms with E-state index in [1.54, 1.807) is 19.1 Å². The number of halogens is 1. The summed E-state index contributed by atoms with van der Waals surface area (Å²) in [5.41, 5.74) is 1.64. The molecule has 100 valence electrons. The van der Waals surface area contributed by atoms with Crippen LogP contribution >= 0.6 is 11.6 Å². The Morgan fingerprint density at radius 1 is 1.50 bits per heavy atom. The fourth-order valence-electron chi connectivity index (χ4n) is 1.45. The standard InChI is InChI=1S/C13H19ClN2O2/c1-9-5-6-11(8-12(9)14)16-13(18)15-7-3-4-10(2)17/h5-6,8,10,17H,3-4,7H2,1-2H3,(H2,15,16,18). The van der Waals surface area contributed by atoms with E-state index in [1.807, 2.05) is 13.0 Å². The quantitative estimate of drug-likeness (QED) is 0.721. The molecule has 2 amide bonds. The Morgan fingerprint density at radius 3 is 2.83 bits per heavy atom. The van der Waals surface area contributed by atoms with Crippen LogP contribution in [0, 0.1) is 6.92 Å². The lowest BCUT2D eigenvalue weighted by Crippen LogP contribution is -2.29. The summed E-state index contributed by atoms with van der Waals surface area (Å²) in [5, 5.41) is 15.1. The largest absolute Gasteiger partial charge is 0.393 e. The maximum atomic E-state index is 11.5. The van der Waals surface area contributed by atoms with Gasteiger partial charge in [0, 0.05) is 17.3 Å². The van der Waals surface area contributed by atoms with Crippen LogP contribution in [0.5, 0.6) is 0 Å². The molecule has 0 bridgehead atoms. The van der Waals surface area contributed by atoms with Crippen LogP contribution in [0.15, 0.2) is 18.2 Å². The van der Waals surface area contributed by atoms with E-state index < -0.39 is 0 Å². The van der Waals surface area contributed by atoms with Gasteiger partial charge in [-0.3, -0.25) is 0 Å². The van der Waals surface area contributed by atoms with Gasteiger partial charge in [0.2, 0.25) is 0 Å². The summed E-state index contributed by atoms with van der Waals surface area (Å²) in [6, 6.07) is 5.11. The number of nitrogens with one attached hydrogen (secondary N) is 2. The van der Waals surface area contributed by atoms with Crippen molar-refractivity contribution >= 4 is 23.3 Å². The first-order valence-corrected chi connectivity index (χ1v) is 6.36. The van der Waals surface area contributed by atoms with Gasteiger partial charge in [0.1, 0.15) is 0 Å². The van der Waals surface area contributed by atoms with E-state index in [4.69, 9.17) is 16.7 Å². The summed E-state index contributed by atoms with van der Waals surface area (Å²) >= 11 is 5.96. The molecule has 18 heavy (non-hydrogen) atoms. The maximum absolute atomic E-state index is 11.5. The van der Waals surface area contributed by atoms with Crippen LogP contribution in [-0.4, -0.2) is 23.8 Å². The van der Waals surface area contributed by atoms with Gasteiger partial charge in [0.15, 0.2) is 0 Å². The number of anilines is 1. The van der Waals surface area contributed by atoms with Gasteiger partial charge >= 0.3 is 6.03 Å². The molecule has 1 aromatic rings. The highest BCUT2D eigenvalue weighted by atomic mass is 35.5. The van der Waals surface area contributed by atoms with Gasteiger partial charge < -0.3 is 15.7 Å². The van der Waals surface area contributed by atoms with E-state index in [2.05, 4.69) is 10.6 Å². The molecule has 4 nitrogen and oxygen atoms in total. The Bertz CT molecular complexity index is 408. The minimum absolute atomic E-state index is 0.263. The zero-order valence-electron chi connectivity index (χ0n) is 10.7. The third-order valence-electron chi connectivity index (χ3n) is 2.51. The van der Waals surface area contributed by atoms with Crippen LogP contribution in [0.3, 0.4) is 0 Å². The molecular weight excluding hydrogens is 252 g/mol. The molecular formula is C13H19ClN2O2. The summed E-state index contributed by atoms with van der Waals surface area (Å²) in [7, 11) is 0. The van der Waals surface area contributed by atoms with Crippen molar-refractivity contribution in [2.75, 3.05) is 11.9 Å². The zero-order valence-corrected chi connectivity index (χ0v) is 11.4. The van der Waals surface area contributed by atoms with Crippen LogP contribution in [0.2, 0.25) is 5.02 Å². The number of hydrogen-bond acceptors (Lipinski definition) is 2. The van der Waals surface area contributed by atoms with Gasteiger partial charge in [-0.05, 0) is 44.4 Å². The highest BCUT2D eigenvalue weighted by molar-refractivity contribution is 6.31. The van der Waals surface area contributed by atoms with Crippen molar-refractivity contribution in [2.24, 2.45) is 0 Å². The van der Waals surface area contributed by atoms with Crippen molar-refractivity contribution in [1.29, 1.82) is 0 Å². The van der Waals surface area contributed by atoms with E-state index >= 15 is 0 Å². The molecule has 0 saturated carbocycles. The van der Waals surface area contributed by atoms with Crippen molar-refractivity contribution in [2.45, 2.75) is 32.8 Å². The highest BCUT2D eigenvalue weighted by Gasteiger charge is 2.03. The molecule has 0 saturated heterocycles. The minimum Gasteiger partial charge on any atom is -0.393 e. The number of amides is 2. The normalized spacial score (nSPS) is 12.0. The van der Waals surface area contributed by atoms with Crippen molar-refractivity contribution in [3.05, 3.63) is 28.8 Å². The highest BCUT2D eigenvalue weighted by Crippen LogP contribution is 2.19. The van der Waals surface area contributed by atoms with E-state index in [1.165, 1.54) is 0 Å². The minimum atomic E-state index is -0.328. The van der Waals surface area contributed by atoms with E-state index in [0.29, 0.717) is 23.7 Å². The van der Waals surface area contributed by atoms with Crippen LogP contribution in [0.1, 0.15) is 25.3 Å². The number of hydrogen-bond donors (Lipinski definition) is 3. The van der Waals surface area contributed by atoms with Crippen molar-refractivity contribution in [1.82, 2.24) is 5.32 Å². The van der Waals surface area contributed by atoms with Crippen LogP contribution in [0.4, 0.5) is 10.5 Å². The molecule has 0 spiro atoms. The van der Waals surface area contributed by atoms with Gasteiger partial charge in [0.25, 0.3) is 0 Å². The molecule has 0 heterocycles. The molecule has 0 radical (unpaired) electrons. The molecule has 0 aliphatic rings. The lowest BCUT2D eigenvalue weighted by Gasteiger charge is -2.09. The molecule has 1 rings (SSSR count). The summed E-state index contributed by atoms with van der Waals surface area (Å²) in [4.78, 5) is 11.5. The van der Waals surface area contributed by atoms with Crippen molar-refractivity contribution in [3.63, 3.8) is 0 Å². The third kappa shape index (κ3) is 5.38. The number of rotatable bonds is 5. The SMILES string of the molecule is Cc1ccc(NC(=O)NCCCC(C)O)cc1Cl. The Labute approximate surface area is 112 Å². The predicted molar refractivity (Wildman–Crippen MR) is 74.1 cm³/mol. The molecule has 3 N–H and O–H groups in total. The first-order valence-electron chi connectivity index (χ1n) is 5.98. The Morgan fingerprint density at radius 2 is 2.22 bits per heavy atom. The number of urea groups is 1. The lowest BCUT2D eigenvalue weighted by atomic mass is 10.2. The van der Waals surface area contributed by atoms with E-state index in [0.717, 1.165) is 12.0 Å². The second-order valence-corrected chi connectivity index (χ2v) is 4.74. The second kappa shape index (κ2) is 7.24. The average Bonchev–Trinajstić information content (AvgIpc) is 2.29. The molecule has 0 aromatic heterocycles. The van der Waals surface area contributed by atoms with Crippen molar-refractivity contribution < 1.29 is 9.90 Å². The molecule has 0 aliphatic carbocycles. The summed E-state index contributed by atoms with van der Waals surface area (Å²) in [6.07, 6.45) is 1.10. The number of aliphatic hydroxyl groups is 1. The summed E-state index contributed by atoms with van der Waals surface area (Å²) in [6.45, 7) is 4.17. The third-order valence-corrected chi connectivity index (χ3v) is 2.92. The topological polar surface area (TPSA) is 61.4 Å². The molecule has 1 aromatic carbocycles. The van der Waals surface area contributed by atoms with Crippen molar-refractivity contribution in [3.8, 4) is 0 Å². The van der Waals surface area contributed by atoms with Gasteiger partial charge in [0.05, 0.1) is 6.10 Å². The fourth-order valence-corrected chi connectivity index (χ4v) is 1.63. The number of aryl methyl sites for hydroxylation is 1. The molecule has 0 fully saturated rings. The first kappa shape index (κ1) is 14.8. The number of carbonyl (C=O) groups is 1. The van der Waals surface area contributed by atoms with Gasteiger partial charge in [-0.15, -0.1) is 0 Å². The maximum Gasteiger partial charge on any atom is 0.319 e. The molecule has 5 heteroatoms. The molecule has 1 unspecified atom stereocenters. The predicted octanol–water partition coefficient (Wildman–Crippen LogP) is 2.93. The Kier molecular flexibility index (Phi) is 5.95. The van der Waals surface area contributed by atoms with E-state index in [9.17, 15) is 4.79 Å². The Balaban J connectivity index is 2.33. The van der Waals surface area contributed by atoms with Crippen LogP contribution < -0.4 is 10.6 Å². The van der Waals surface area contributed by atoms with Gasteiger partial charge in [-0.25, -0.2) is 4.79 Å². The fraction of sp³-hybridized carbons (Fsp3) is 0.462. The monoisotopic (exact) mass is 270 g/mol. The first-order chi connectivity index (χ1) is 8.49. The van der Waals surface area contributed by atoms with Gasteiger partial charge in [-0.1, -0.05) is 17.7 Å². The van der Waals surface area contributed by atoms with Crippen LogP contribution in [0.25, 0.3) is 0 Å². The molecule has 1 atom stereocenters. The smallest absolute Gasteiger partial charge is 0.319 e. The summed E-state index contributed by atoms with van der Waals surface area (Å²) in [5.74, 6) is 0. The number of aliphatic hydroxyl groups excluding tert-OH is 1. The Hall–Kier alpha value is -1.26. The zero-order chi connectivity index (χ0) is 13.5. The van der Waals surface area contributed by atoms with Crippen LogP contribution in [-0.2, 0) is 0 Å². The average molecular weight is 271 g/mol. The molecule has 0 aliphatic heterocycles. The number of benzene rings is 1.